The van der Waals surface area contributed by atoms with Crippen molar-refractivity contribution in [2.24, 2.45) is 0 Å². The van der Waals surface area contributed by atoms with Gasteiger partial charge in [0.25, 0.3) is 0 Å². The van der Waals surface area contributed by atoms with Gasteiger partial charge in [-0.3, -0.25) is 4.79 Å². The zero-order valence-corrected chi connectivity index (χ0v) is 16.3. The number of ether oxygens (including phenoxy) is 2. The molecule has 0 spiro atoms. The molecule has 0 unspecified atom stereocenters. The molecule has 3 N–H and O–H groups in total. The van der Waals surface area contributed by atoms with Gasteiger partial charge < -0.3 is 25.1 Å². The molecule has 0 aliphatic carbocycles. The second-order valence-corrected chi connectivity index (χ2v) is 6.60. The zero-order chi connectivity index (χ0) is 20.5. The highest BCUT2D eigenvalue weighted by molar-refractivity contribution is 5.88. The van der Waals surface area contributed by atoms with E-state index in [1.165, 1.54) is 0 Å². The first kappa shape index (κ1) is 20.4. The van der Waals surface area contributed by atoms with E-state index in [-0.39, 0.29) is 5.91 Å². The van der Waals surface area contributed by atoms with Gasteiger partial charge in [-0.15, -0.1) is 0 Å². The molecule has 0 aliphatic heterocycles. The van der Waals surface area contributed by atoms with Crippen LogP contribution in [0.5, 0.6) is 5.75 Å². The molecule has 1 aromatic heterocycles. The third-order valence-corrected chi connectivity index (χ3v) is 4.49. The molecule has 2 amide bonds. The van der Waals surface area contributed by atoms with Crippen LogP contribution < -0.4 is 15.4 Å². The maximum absolute atomic E-state index is 12.7. The molecule has 7 heteroatoms. The number of amides is 2. The lowest BCUT2D eigenvalue weighted by Crippen LogP contribution is -2.49. The first-order valence-electron chi connectivity index (χ1n) is 9.52. The van der Waals surface area contributed by atoms with E-state index in [0.717, 1.165) is 16.5 Å². The fourth-order valence-electron chi connectivity index (χ4n) is 3.05. The molecule has 3 rings (SSSR count). The number of H-pyrrole nitrogens is 1. The van der Waals surface area contributed by atoms with Crippen molar-refractivity contribution in [3.05, 3.63) is 66.4 Å². The van der Waals surface area contributed by atoms with Crippen molar-refractivity contribution in [2.45, 2.75) is 18.9 Å². The van der Waals surface area contributed by atoms with Crippen molar-refractivity contribution in [3.8, 4) is 5.75 Å². The lowest BCUT2D eigenvalue weighted by molar-refractivity contribution is -0.123. The fraction of sp³-hybridized carbons (Fsp3) is 0.273. The summed E-state index contributed by atoms with van der Waals surface area (Å²) >= 11 is 0. The lowest BCUT2D eigenvalue weighted by Gasteiger charge is -2.18. The third kappa shape index (κ3) is 5.83. The monoisotopic (exact) mass is 395 g/mol. The standard InChI is InChI=1S/C22H25N3O4/c1-28-13-7-12-23-21(26)20(25-22(27)29-17-8-3-2-4-9-17)14-16-15-24-19-11-6-5-10-18(16)19/h2-6,8-11,15,20,24H,7,12-14H2,1H3,(H,23,26)(H,25,27)/t20-/m0/s1. The highest BCUT2D eigenvalue weighted by Crippen LogP contribution is 2.19. The number of fused-ring (bicyclic) bond motifs is 1. The molecule has 2 aromatic carbocycles. The van der Waals surface area contributed by atoms with Crippen molar-refractivity contribution in [2.75, 3.05) is 20.3 Å². The Balaban J connectivity index is 1.70. The van der Waals surface area contributed by atoms with E-state index in [0.29, 0.717) is 31.7 Å². The number of methoxy groups -OCH3 is 1. The number of aromatic nitrogens is 1. The van der Waals surface area contributed by atoms with Gasteiger partial charge in [0.15, 0.2) is 0 Å². The van der Waals surface area contributed by atoms with Gasteiger partial charge >= 0.3 is 6.09 Å². The van der Waals surface area contributed by atoms with Gasteiger partial charge in [0.2, 0.25) is 5.91 Å². The predicted molar refractivity (Wildman–Crippen MR) is 111 cm³/mol. The molecule has 0 aliphatic rings. The van der Waals surface area contributed by atoms with E-state index in [4.69, 9.17) is 9.47 Å². The second kappa shape index (κ2) is 10.3. The number of carbonyl (C=O) groups is 2. The van der Waals surface area contributed by atoms with Crippen LogP contribution in [0.3, 0.4) is 0 Å². The van der Waals surface area contributed by atoms with Gasteiger partial charge in [-0.1, -0.05) is 36.4 Å². The Morgan fingerprint density at radius 2 is 1.83 bits per heavy atom. The van der Waals surface area contributed by atoms with E-state index in [9.17, 15) is 9.59 Å². The minimum atomic E-state index is -0.770. The van der Waals surface area contributed by atoms with Crippen LogP contribution in [0.1, 0.15) is 12.0 Å². The number of aromatic amines is 1. The van der Waals surface area contributed by atoms with Crippen LogP contribution in [0.2, 0.25) is 0 Å². The Morgan fingerprint density at radius 3 is 2.62 bits per heavy atom. The van der Waals surface area contributed by atoms with Crippen LogP contribution >= 0.6 is 0 Å². The summed E-state index contributed by atoms with van der Waals surface area (Å²) in [7, 11) is 1.61. The van der Waals surface area contributed by atoms with E-state index in [2.05, 4.69) is 15.6 Å². The number of nitrogens with one attached hydrogen (secondary N) is 3. The van der Waals surface area contributed by atoms with E-state index in [1.54, 1.807) is 31.4 Å². The van der Waals surface area contributed by atoms with Gasteiger partial charge in [-0.25, -0.2) is 4.79 Å². The van der Waals surface area contributed by atoms with Gasteiger partial charge in [-0.2, -0.15) is 0 Å². The van der Waals surface area contributed by atoms with Crippen LogP contribution in [-0.4, -0.2) is 43.3 Å². The van der Waals surface area contributed by atoms with Gasteiger partial charge in [-0.05, 0) is 30.2 Å². The smallest absolute Gasteiger partial charge is 0.410 e. The van der Waals surface area contributed by atoms with Gasteiger partial charge in [0, 0.05) is 43.8 Å². The summed E-state index contributed by atoms with van der Waals surface area (Å²) in [5.74, 6) is 0.146. The first-order chi connectivity index (χ1) is 14.2. The summed E-state index contributed by atoms with van der Waals surface area (Å²) in [6.45, 7) is 1.02. The van der Waals surface area contributed by atoms with Crippen molar-refractivity contribution in [1.82, 2.24) is 15.6 Å². The molecule has 152 valence electrons. The molecule has 3 aromatic rings. The second-order valence-electron chi connectivity index (χ2n) is 6.60. The summed E-state index contributed by atoms with van der Waals surface area (Å²) in [6, 6.07) is 15.8. The Hall–Kier alpha value is -3.32. The quantitative estimate of drug-likeness (QED) is 0.486. The molecule has 1 atom stereocenters. The summed E-state index contributed by atoms with van der Waals surface area (Å²) in [6.07, 6.45) is 2.22. The highest BCUT2D eigenvalue weighted by atomic mass is 16.6. The number of hydrogen-bond acceptors (Lipinski definition) is 4. The topological polar surface area (TPSA) is 92.5 Å². The van der Waals surface area contributed by atoms with Crippen molar-refractivity contribution < 1.29 is 19.1 Å². The average molecular weight is 395 g/mol. The number of rotatable bonds is 9. The van der Waals surface area contributed by atoms with E-state index >= 15 is 0 Å². The largest absolute Gasteiger partial charge is 0.413 e. The minimum Gasteiger partial charge on any atom is -0.410 e. The third-order valence-electron chi connectivity index (χ3n) is 4.49. The van der Waals surface area contributed by atoms with Crippen molar-refractivity contribution in [1.29, 1.82) is 0 Å². The molecule has 7 nitrogen and oxygen atoms in total. The zero-order valence-electron chi connectivity index (χ0n) is 16.3. The number of para-hydroxylation sites is 2. The normalized spacial score (nSPS) is 11.8. The Morgan fingerprint density at radius 1 is 1.07 bits per heavy atom. The fourth-order valence-corrected chi connectivity index (χ4v) is 3.05. The maximum Gasteiger partial charge on any atom is 0.413 e. The molecule has 29 heavy (non-hydrogen) atoms. The number of hydrogen-bond donors (Lipinski definition) is 3. The molecule has 0 saturated carbocycles. The van der Waals surface area contributed by atoms with Gasteiger partial charge in [0.1, 0.15) is 11.8 Å². The molecular formula is C22H25N3O4. The number of benzene rings is 2. The molecular weight excluding hydrogens is 370 g/mol. The Kier molecular flexibility index (Phi) is 7.24. The first-order valence-corrected chi connectivity index (χ1v) is 9.52. The van der Waals surface area contributed by atoms with Crippen molar-refractivity contribution >= 4 is 22.9 Å². The Labute approximate surface area is 169 Å². The maximum atomic E-state index is 12.7. The summed E-state index contributed by atoms with van der Waals surface area (Å²) in [5.41, 5.74) is 1.92. The minimum absolute atomic E-state index is 0.267. The molecule has 1 heterocycles. The van der Waals surface area contributed by atoms with Crippen LogP contribution in [0.15, 0.2) is 60.8 Å². The van der Waals surface area contributed by atoms with E-state index < -0.39 is 12.1 Å². The van der Waals surface area contributed by atoms with Gasteiger partial charge in [0.05, 0.1) is 0 Å². The molecule has 0 radical (unpaired) electrons. The summed E-state index contributed by atoms with van der Waals surface area (Å²) in [4.78, 5) is 28.3. The summed E-state index contributed by atoms with van der Waals surface area (Å²) < 4.78 is 10.3. The average Bonchev–Trinajstić information content (AvgIpc) is 3.14. The van der Waals surface area contributed by atoms with Crippen LogP contribution in [0.25, 0.3) is 10.9 Å². The van der Waals surface area contributed by atoms with Crippen molar-refractivity contribution in [3.63, 3.8) is 0 Å². The predicted octanol–water partition coefficient (Wildman–Crippen LogP) is 3.02. The van der Waals surface area contributed by atoms with E-state index in [1.807, 2.05) is 36.5 Å². The van der Waals surface area contributed by atoms with Crippen LogP contribution in [0, 0.1) is 0 Å². The Bertz CT molecular complexity index is 939. The SMILES string of the molecule is COCCCNC(=O)[C@H](Cc1c[nH]c2ccccc12)NC(=O)Oc1ccccc1. The highest BCUT2D eigenvalue weighted by Gasteiger charge is 2.23. The summed E-state index contributed by atoms with van der Waals surface area (Å²) in [5, 5.41) is 6.56. The number of carbonyl (C=O) groups excluding carboxylic acids is 2. The molecule has 0 bridgehead atoms. The molecule has 0 fully saturated rings. The van der Waals surface area contributed by atoms with Crippen LogP contribution in [0.4, 0.5) is 4.79 Å². The lowest BCUT2D eigenvalue weighted by atomic mass is 10.0. The molecule has 0 saturated heterocycles. The van der Waals surface area contributed by atoms with Crippen LogP contribution in [-0.2, 0) is 16.0 Å².